The van der Waals surface area contributed by atoms with Gasteiger partial charge in [0.05, 0.1) is 0 Å². The van der Waals surface area contributed by atoms with E-state index in [9.17, 15) is 4.21 Å². The second-order valence-corrected chi connectivity index (χ2v) is 7.63. The summed E-state index contributed by atoms with van der Waals surface area (Å²) in [6, 6.07) is 0.620. The van der Waals surface area contributed by atoms with Crippen molar-refractivity contribution in [3.63, 3.8) is 0 Å². The molecule has 0 amide bonds. The maximum atomic E-state index is 12.5. The molecule has 16 heavy (non-hydrogen) atoms. The Morgan fingerprint density at radius 1 is 1.06 bits per heavy atom. The lowest BCUT2D eigenvalue weighted by Gasteiger charge is -2.28. The third kappa shape index (κ3) is 2.86. The third-order valence-corrected chi connectivity index (χ3v) is 6.51. The zero-order valence-electron chi connectivity index (χ0n) is 10.6. The minimum atomic E-state index is -0.565. The standard InChI is InChI=1S/C13H25NOS/c1-10-4-3-5-12(8-10)16(15)13-7-6-11(9-13)14-2/h10-14H,3-9H2,1-2H3. The van der Waals surface area contributed by atoms with Crippen molar-refractivity contribution in [2.45, 2.75) is 68.4 Å². The van der Waals surface area contributed by atoms with Crippen molar-refractivity contribution in [3.8, 4) is 0 Å². The van der Waals surface area contributed by atoms with Gasteiger partial charge in [-0.15, -0.1) is 0 Å². The Kier molecular flexibility index (Phi) is 4.42. The molecule has 0 spiro atoms. The van der Waals surface area contributed by atoms with Gasteiger partial charge in [0.1, 0.15) is 0 Å². The molecule has 0 aromatic carbocycles. The summed E-state index contributed by atoms with van der Waals surface area (Å²) in [5.41, 5.74) is 0. The fourth-order valence-electron chi connectivity index (χ4n) is 3.27. The molecule has 1 N–H and O–H groups in total. The van der Waals surface area contributed by atoms with E-state index in [2.05, 4.69) is 12.2 Å². The average molecular weight is 243 g/mol. The van der Waals surface area contributed by atoms with Gasteiger partial charge in [0.2, 0.25) is 0 Å². The lowest BCUT2D eigenvalue weighted by Crippen LogP contribution is -2.30. The van der Waals surface area contributed by atoms with Crippen molar-refractivity contribution in [1.82, 2.24) is 5.32 Å². The van der Waals surface area contributed by atoms with E-state index >= 15 is 0 Å². The molecule has 0 aromatic rings. The molecule has 0 saturated heterocycles. The zero-order valence-corrected chi connectivity index (χ0v) is 11.4. The zero-order chi connectivity index (χ0) is 11.5. The van der Waals surface area contributed by atoms with Crippen LogP contribution in [0.5, 0.6) is 0 Å². The first-order valence-corrected chi connectivity index (χ1v) is 8.05. The van der Waals surface area contributed by atoms with Crippen LogP contribution in [-0.2, 0) is 10.8 Å². The first-order valence-electron chi connectivity index (χ1n) is 6.77. The van der Waals surface area contributed by atoms with Crippen LogP contribution in [0.25, 0.3) is 0 Å². The Morgan fingerprint density at radius 2 is 1.81 bits per heavy atom. The Hall–Kier alpha value is 0.110. The van der Waals surface area contributed by atoms with Crippen LogP contribution in [-0.4, -0.2) is 27.8 Å². The first kappa shape index (κ1) is 12.6. The van der Waals surface area contributed by atoms with E-state index in [0.29, 0.717) is 16.5 Å². The van der Waals surface area contributed by atoms with Gasteiger partial charge >= 0.3 is 0 Å². The highest BCUT2D eigenvalue weighted by Crippen LogP contribution is 2.32. The monoisotopic (exact) mass is 243 g/mol. The largest absolute Gasteiger partial charge is 0.317 e. The number of nitrogens with one attached hydrogen (secondary N) is 1. The normalized spacial score (nSPS) is 42.1. The van der Waals surface area contributed by atoms with Crippen LogP contribution in [0, 0.1) is 5.92 Å². The van der Waals surface area contributed by atoms with Crippen molar-refractivity contribution in [3.05, 3.63) is 0 Å². The average Bonchev–Trinajstić information content (AvgIpc) is 2.76. The SMILES string of the molecule is CNC1CCC(S(=O)C2CCCC(C)C2)C1. The molecule has 0 aromatic heterocycles. The summed E-state index contributed by atoms with van der Waals surface area (Å²) in [5.74, 6) is 0.796. The van der Waals surface area contributed by atoms with Gasteiger partial charge in [-0.3, -0.25) is 4.21 Å². The van der Waals surface area contributed by atoms with E-state index in [1.165, 1.54) is 38.5 Å². The van der Waals surface area contributed by atoms with Crippen LogP contribution in [0.3, 0.4) is 0 Å². The van der Waals surface area contributed by atoms with Crippen molar-refractivity contribution in [2.24, 2.45) is 5.92 Å². The van der Waals surface area contributed by atoms with Crippen molar-refractivity contribution < 1.29 is 4.21 Å². The molecule has 0 heterocycles. The van der Waals surface area contributed by atoms with E-state index < -0.39 is 10.8 Å². The van der Waals surface area contributed by atoms with E-state index in [1.54, 1.807) is 0 Å². The molecule has 3 heteroatoms. The van der Waals surface area contributed by atoms with E-state index in [1.807, 2.05) is 7.05 Å². The summed E-state index contributed by atoms with van der Waals surface area (Å²) in [5, 5.41) is 4.31. The highest BCUT2D eigenvalue weighted by molar-refractivity contribution is 7.86. The molecule has 2 rings (SSSR count). The second-order valence-electron chi connectivity index (χ2n) is 5.64. The minimum Gasteiger partial charge on any atom is -0.317 e. The number of hydrogen-bond acceptors (Lipinski definition) is 2. The lowest BCUT2D eigenvalue weighted by molar-refractivity contribution is 0.388. The summed E-state index contributed by atoms with van der Waals surface area (Å²) < 4.78 is 12.5. The molecule has 2 fully saturated rings. The molecule has 5 atom stereocenters. The summed E-state index contributed by atoms with van der Waals surface area (Å²) in [6.45, 7) is 2.31. The molecule has 5 unspecified atom stereocenters. The first-order chi connectivity index (χ1) is 7.70. The van der Waals surface area contributed by atoms with Crippen LogP contribution in [0.1, 0.15) is 51.9 Å². The Morgan fingerprint density at radius 3 is 2.44 bits per heavy atom. The quantitative estimate of drug-likeness (QED) is 0.825. The summed E-state index contributed by atoms with van der Waals surface area (Å²) in [4.78, 5) is 0. The molecule has 2 aliphatic carbocycles. The van der Waals surface area contributed by atoms with Gasteiger partial charge < -0.3 is 5.32 Å². The van der Waals surface area contributed by atoms with Gasteiger partial charge in [-0.1, -0.05) is 19.8 Å². The molecule has 2 aliphatic rings. The predicted octanol–water partition coefficient (Wildman–Crippen LogP) is 2.45. The maximum Gasteiger partial charge on any atom is 0.0366 e. The Bertz CT molecular complexity index is 256. The molecule has 0 bridgehead atoms. The van der Waals surface area contributed by atoms with Gasteiger partial charge in [0.25, 0.3) is 0 Å². The number of rotatable bonds is 3. The molecule has 0 radical (unpaired) electrons. The van der Waals surface area contributed by atoms with Gasteiger partial charge in [0, 0.05) is 27.3 Å². The summed E-state index contributed by atoms with van der Waals surface area (Å²) >= 11 is 0. The van der Waals surface area contributed by atoms with E-state index in [-0.39, 0.29) is 0 Å². The third-order valence-electron chi connectivity index (χ3n) is 4.34. The topological polar surface area (TPSA) is 29.1 Å². The van der Waals surface area contributed by atoms with Gasteiger partial charge in [-0.2, -0.15) is 0 Å². The fraction of sp³-hybridized carbons (Fsp3) is 1.00. The highest BCUT2D eigenvalue weighted by Gasteiger charge is 2.33. The minimum absolute atomic E-state index is 0.479. The molecule has 94 valence electrons. The van der Waals surface area contributed by atoms with Gasteiger partial charge in [-0.25, -0.2) is 0 Å². The lowest BCUT2D eigenvalue weighted by atomic mass is 9.91. The highest BCUT2D eigenvalue weighted by atomic mass is 32.2. The summed E-state index contributed by atoms with van der Waals surface area (Å²) in [7, 11) is 1.46. The molecule has 2 saturated carbocycles. The second kappa shape index (κ2) is 5.63. The molecule has 2 nitrogen and oxygen atoms in total. The molecular weight excluding hydrogens is 218 g/mol. The van der Waals surface area contributed by atoms with Crippen molar-refractivity contribution in [2.75, 3.05) is 7.05 Å². The van der Waals surface area contributed by atoms with Gasteiger partial charge in [0.15, 0.2) is 0 Å². The van der Waals surface area contributed by atoms with Gasteiger partial charge in [-0.05, 0) is 45.1 Å². The predicted molar refractivity (Wildman–Crippen MR) is 70.0 cm³/mol. The summed E-state index contributed by atoms with van der Waals surface area (Å²) in [6.07, 6.45) is 8.56. The van der Waals surface area contributed by atoms with Crippen LogP contribution >= 0.6 is 0 Å². The number of hydrogen-bond donors (Lipinski definition) is 1. The van der Waals surface area contributed by atoms with Crippen LogP contribution in [0.4, 0.5) is 0 Å². The van der Waals surface area contributed by atoms with Crippen LogP contribution in [0.15, 0.2) is 0 Å². The Balaban J connectivity index is 1.87. The maximum absolute atomic E-state index is 12.5. The smallest absolute Gasteiger partial charge is 0.0366 e. The van der Waals surface area contributed by atoms with Crippen molar-refractivity contribution in [1.29, 1.82) is 0 Å². The van der Waals surface area contributed by atoms with Crippen LogP contribution < -0.4 is 5.32 Å². The van der Waals surface area contributed by atoms with Crippen LogP contribution in [0.2, 0.25) is 0 Å². The van der Waals surface area contributed by atoms with E-state index in [0.717, 1.165) is 12.3 Å². The molecule has 0 aliphatic heterocycles. The fourth-order valence-corrected chi connectivity index (χ4v) is 5.53. The van der Waals surface area contributed by atoms with Crippen molar-refractivity contribution >= 4 is 10.8 Å². The van der Waals surface area contributed by atoms with E-state index in [4.69, 9.17) is 0 Å². The molecular formula is C13H25NOS. The Labute approximate surface area is 102 Å².